The standard InChI is InChI=1S/C52H68F6N8O7/c1-34(59-4)45(67)61-43(47(69)65-26-12-18-41(65)31-63(49(71)51(53,54)55)28-24-37-14-8-6-9-15-37)30-39-20-22-40(23-21-39)33-73-36(3)44(62-46(68)35(2)60-5)48(70)66-27-13-19-42(66)32-64(50(72)52(56,57)58)29-25-38-16-10-7-11-17-38/h6-11,14-17,20-23,34-36,41-44,59-60H,12-13,18-19,24-33H2,1-5H3,(H,61,67)(H,62,68)/t34-,35-,36+,41-,42-,43-,44-/m0/s1. The zero-order valence-electron chi connectivity index (χ0n) is 41.9. The zero-order chi connectivity index (χ0) is 53.5. The molecule has 400 valence electrons. The minimum Gasteiger partial charge on any atom is -0.371 e. The number of likely N-dealkylation sites (N-methyl/N-ethyl adjacent to an activating group) is 2. The minimum absolute atomic E-state index is 0.00246. The molecule has 5 rings (SSSR count). The topological polar surface area (TPSA) is 173 Å². The molecule has 0 saturated carbocycles. The highest BCUT2D eigenvalue weighted by atomic mass is 19.4. The number of halogens is 6. The summed E-state index contributed by atoms with van der Waals surface area (Å²) in [6.45, 7) is 3.94. The molecule has 3 aromatic carbocycles. The predicted octanol–water partition coefficient (Wildman–Crippen LogP) is 4.57. The van der Waals surface area contributed by atoms with E-state index in [0.29, 0.717) is 36.8 Å². The number of likely N-dealkylation sites (tertiary alicyclic amines) is 2. The zero-order valence-corrected chi connectivity index (χ0v) is 41.9. The van der Waals surface area contributed by atoms with Gasteiger partial charge >= 0.3 is 24.2 Å². The molecule has 0 aliphatic carbocycles. The minimum atomic E-state index is -5.14. The van der Waals surface area contributed by atoms with Crippen molar-refractivity contribution in [2.24, 2.45) is 0 Å². The third kappa shape index (κ3) is 16.7. The number of nitrogens with zero attached hydrogens (tertiary/aromatic N) is 4. The Bertz CT molecular complexity index is 2290. The number of amides is 6. The first-order valence-corrected chi connectivity index (χ1v) is 24.7. The van der Waals surface area contributed by atoms with Crippen LogP contribution in [0.25, 0.3) is 0 Å². The van der Waals surface area contributed by atoms with Crippen molar-refractivity contribution in [2.75, 3.05) is 53.4 Å². The van der Waals surface area contributed by atoms with Gasteiger partial charge in [-0.25, -0.2) is 0 Å². The summed E-state index contributed by atoms with van der Waals surface area (Å²) in [7, 11) is 3.14. The predicted molar refractivity (Wildman–Crippen MR) is 260 cm³/mol. The SMILES string of the molecule is CN[C@@H](C)C(=O)N[C@@H](Cc1ccc(CO[C@H](C)[C@H](NC(=O)[C@H](C)NC)C(=O)N2CCC[C@H]2CN(CCc2ccccc2)C(=O)C(F)(F)F)cc1)C(=O)N1CCC[C@H]1CN(CCc1ccccc1)C(=O)C(F)(F)F. The second-order valence-corrected chi connectivity index (χ2v) is 18.7. The number of carbonyl (C=O) groups is 6. The third-order valence-electron chi connectivity index (χ3n) is 13.5. The number of alkyl halides is 6. The highest BCUT2D eigenvalue weighted by Gasteiger charge is 2.46. The molecule has 4 N–H and O–H groups in total. The van der Waals surface area contributed by atoms with Crippen LogP contribution in [0, 0.1) is 0 Å². The maximum Gasteiger partial charge on any atom is 0.471 e. The van der Waals surface area contributed by atoms with Crippen molar-refractivity contribution < 1.29 is 59.8 Å². The van der Waals surface area contributed by atoms with E-state index < -0.39 is 90.2 Å². The Morgan fingerprint density at radius 1 is 0.603 bits per heavy atom. The van der Waals surface area contributed by atoms with Crippen molar-refractivity contribution in [3.8, 4) is 0 Å². The molecule has 0 bridgehead atoms. The van der Waals surface area contributed by atoms with E-state index in [9.17, 15) is 55.1 Å². The van der Waals surface area contributed by atoms with Crippen LogP contribution in [0.1, 0.15) is 68.7 Å². The average molecular weight is 1030 g/mol. The molecule has 6 amide bonds. The van der Waals surface area contributed by atoms with Gasteiger partial charge in [-0.15, -0.1) is 0 Å². The second-order valence-electron chi connectivity index (χ2n) is 18.7. The van der Waals surface area contributed by atoms with E-state index in [0.717, 1.165) is 20.9 Å². The van der Waals surface area contributed by atoms with Gasteiger partial charge in [-0.05, 0) is 95.6 Å². The lowest BCUT2D eigenvalue weighted by Gasteiger charge is -2.35. The molecule has 2 heterocycles. The molecule has 3 aromatic rings. The third-order valence-corrected chi connectivity index (χ3v) is 13.5. The van der Waals surface area contributed by atoms with E-state index in [1.54, 1.807) is 120 Å². The van der Waals surface area contributed by atoms with Crippen molar-refractivity contribution in [3.63, 3.8) is 0 Å². The molecule has 15 nitrogen and oxygen atoms in total. The van der Waals surface area contributed by atoms with Gasteiger partial charge in [0.25, 0.3) is 0 Å². The van der Waals surface area contributed by atoms with E-state index in [4.69, 9.17) is 4.74 Å². The van der Waals surface area contributed by atoms with Gasteiger partial charge in [0.15, 0.2) is 0 Å². The molecule has 2 saturated heterocycles. The summed E-state index contributed by atoms with van der Waals surface area (Å²) in [5.74, 6) is -6.11. The van der Waals surface area contributed by atoms with Gasteiger partial charge in [0.1, 0.15) is 12.1 Å². The Kier molecular flexibility index (Phi) is 21.2. The summed E-state index contributed by atoms with van der Waals surface area (Å²) >= 11 is 0. The fraction of sp³-hybridized carbons (Fsp3) is 0.538. The number of hydrogen-bond donors (Lipinski definition) is 4. The summed E-state index contributed by atoms with van der Waals surface area (Å²) in [5.41, 5.74) is 2.72. The van der Waals surface area contributed by atoms with Gasteiger partial charge in [0, 0.05) is 57.8 Å². The van der Waals surface area contributed by atoms with E-state index in [1.165, 1.54) is 9.80 Å². The molecule has 0 aromatic heterocycles. The molecule has 0 unspecified atom stereocenters. The normalized spacial score (nSPS) is 18.1. The lowest BCUT2D eigenvalue weighted by atomic mass is 10.0. The van der Waals surface area contributed by atoms with Crippen molar-refractivity contribution in [3.05, 3.63) is 107 Å². The number of benzene rings is 3. The van der Waals surface area contributed by atoms with Crippen LogP contribution >= 0.6 is 0 Å². The molecule has 2 aliphatic heterocycles. The van der Waals surface area contributed by atoms with Crippen molar-refractivity contribution in [2.45, 2.75) is 127 Å². The molecule has 21 heteroatoms. The van der Waals surface area contributed by atoms with Crippen LogP contribution < -0.4 is 21.3 Å². The first-order valence-electron chi connectivity index (χ1n) is 24.7. The van der Waals surface area contributed by atoms with Crippen molar-refractivity contribution in [1.82, 2.24) is 40.9 Å². The monoisotopic (exact) mass is 1030 g/mol. The summed E-state index contributed by atoms with van der Waals surface area (Å²) in [5, 5.41) is 11.2. The molecule has 2 aliphatic rings. The number of hydrogen-bond acceptors (Lipinski definition) is 9. The van der Waals surface area contributed by atoms with Crippen molar-refractivity contribution >= 4 is 35.4 Å². The van der Waals surface area contributed by atoms with Crippen LogP contribution in [0.15, 0.2) is 84.9 Å². The summed E-state index contributed by atoms with van der Waals surface area (Å²) in [4.78, 5) is 84.9. The van der Waals surface area contributed by atoms with Crippen LogP contribution in [0.5, 0.6) is 0 Å². The molecule has 2 fully saturated rings. The maximum absolute atomic E-state index is 14.4. The Balaban J connectivity index is 1.29. The van der Waals surface area contributed by atoms with Crippen molar-refractivity contribution in [1.29, 1.82) is 0 Å². The Morgan fingerprint density at radius 2 is 1.03 bits per heavy atom. The second kappa shape index (κ2) is 26.8. The number of carbonyl (C=O) groups excluding carboxylic acids is 6. The van der Waals surface area contributed by atoms with E-state index >= 15 is 0 Å². The van der Waals surface area contributed by atoms with Crippen LogP contribution in [0.3, 0.4) is 0 Å². The maximum atomic E-state index is 14.4. The van der Waals surface area contributed by atoms with Gasteiger partial charge in [-0.2, -0.15) is 26.3 Å². The molecular weight excluding hydrogens is 963 g/mol. The molecule has 73 heavy (non-hydrogen) atoms. The van der Waals surface area contributed by atoms with Gasteiger partial charge < -0.3 is 45.6 Å². The van der Waals surface area contributed by atoms with Gasteiger partial charge in [-0.1, -0.05) is 84.9 Å². The lowest BCUT2D eigenvalue weighted by molar-refractivity contribution is -0.186. The van der Waals surface area contributed by atoms with E-state index in [-0.39, 0.29) is 65.1 Å². The number of nitrogens with one attached hydrogen (secondary N) is 4. The van der Waals surface area contributed by atoms with Crippen LogP contribution in [0.2, 0.25) is 0 Å². The molecular formula is C52H68F6N8O7. The van der Waals surface area contributed by atoms with Gasteiger partial charge in [-0.3, -0.25) is 28.8 Å². The average Bonchev–Trinajstić information content (AvgIpc) is 4.05. The van der Waals surface area contributed by atoms with E-state index in [2.05, 4.69) is 21.3 Å². The Labute approximate surface area is 422 Å². The lowest BCUT2D eigenvalue weighted by Crippen LogP contribution is -2.59. The highest BCUT2D eigenvalue weighted by molar-refractivity contribution is 5.91. The van der Waals surface area contributed by atoms with E-state index in [1.807, 2.05) is 0 Å². The van der Waals surface area contributed by atoms with Crippen LogP contribution in [-0.4, -0.2) is 163 Å². The summed E-state index contributed by atoms with van der Waals surface area (Å²) < 4.78 is 89.4. The smallest absolute Gasteiger partial charge is 0.371 e. The number of ether oxygens (including phenoxy) is 1. The first kappa shape index (κ1) is 57.8. The van der Waals surface area contributed by atoms with Crippen LogP contribution in [-0.2, 0) is 59.4 Å². The first-order chi connectivity index (χ1) is 34.6. The Morgan fingerprint density at radius 3 is 1.47 bits per heavy atom. The fourth-order valence-electron chi connectivity index (χ4n) is 8.99. The van der Waals surface area contributed by atoms with Crippen LogP contribution in [0.4, 0.5) is 26.3 Å². The van der Waals surface area contributed by atoms with Gasteiger partial charge in [0.2, 0.25) is 23.6 Å². The fourth-order valence-corrected chi connectivity index (χ4v) is 8.99. The highest BCUT2D eigenvalue weighted by Crippen LogP contribution is 2.27. The summed E-state index contributed by atoms with van der Waals surface area (Å²) in [6, 6.07) is 19.1. The molecule has 0 spiro atoms. The largest absolute Gasteiger partial charge is 0.471 e. The molecule has 0 radical (unpaired) electrons. The Hall–Kier alpha value is -6.06. The number of rotatable bonds is 24. The quantitative estimate of drug-likeness (QED) is 0.0939. The summed E-state index contributed by atoms with van der Waals surface area (Å²) in [6.07, 6.45) is -9.29. The molecule has 7 atom stereocenters. The van der Waals surface area contributed by atoms with Gasteiger partial charge in [0.05, 0.1) is 24.8 Å².